The van der Waals surface area contributed by atoms with Crippen LogP contribution in [0.3, 0.4) is 0 Å². The Balaban J connectivity index is -0.000000125. The van der Waals surface area contributed by atoms with Gasteiger partial charge in [0.1, 0.15) is 0 Å². The fraction of sp³-hybridized carbons (Fsp3) is 0.500. The SMILES string of the molecule is [Na+].[Na+].[O-]CC#CC[O-]. The number of hydrogen-bond acceptors (Lipinski definition) is 2. The summed E-state index contributed by atoms with van der Waals surface area (Å²) in [7, 11) is 0. The molecule has 0 aromatic rings. The van der Waals surface area contributed by atoms with Gasteiger partial charge >= 0.3 is 59.1 Å². The van der Waals surface area contributed by atoms with Crippen molar-refractivity contribution in [2.24, 2.45) is 0 Å². The third kappa shape index (κ3) is 15.6. The summed E-state index contributed by atoms with van der Waals surface area (Å²) in [5.74, 6) is 4.16. The Bertz CT molecular complexity index is 65.8. The van der Waals surface area contributed by atoms with Gasteiger partial charge in [0.05, 0.1) is 0 Å². The van der Waals surface area contributed by atoms with Crippen molar-refractivity contribution in [1.82, 2.24) is 0 Å². The second kappa shape index (κ2) is 15.8. The standard InChI is InChI=1S/C4H4O2.2Na/c5-3-1-2-4-6;;/h3-4H2;;/q-2;2*+1. The fourth-order valence-corrected chi connectivity index (χ4v) is 0.102. The van der Waals surface area contributed by atoms with Crippen LogP contribution in [0.1, 0.15) is 0 Å². The Labute approximate surface area is 93.2 Å². The largest absolute Gasteiger partial charge is 1.00 e. The van der Waals surface area contributed by atoms with Gasteiger partial charge in [0.25, 0.3) is 0 Å². The molecule has 0 aromatic heterocycles. The molecule has 8 heavy (non-hydrogen) atoms. The van der Waals surface area contributed by atoms with Gasteiger partial charge in [0.15, 0.2) is 0 Å². The van der Waals surface area contributed by atoms with Crippen molar-refractivity contribution >= 4 is 0 Å². The molecule has 2 nitrogen and oxygen atoms in total. The van der Waals surface area contributed by atoms with Crippen molar-refractivity contribution in [3.63, 3.8) is 0 Å². The van der Waals surface area contributed by atoms with Crippen molar-refractivity contribution in [3.05, 3.63) is 0 Å². The van der Waals surface area contributed by atoms with E-state index in [1.807, 2.05) is 0 Å². The average Bonchev–Trinajstić information content (AvgIpc) is 1.61. The van der Waals surface area contributed by atoms with Gasteiger partial charge in [-0.3, -0.25) is 0 Å². The van der Waals surface area contributed by atoms with Gasteiger partial charge < -0.3 is 10.2 Å². The first kappa shape index (κ1) is 16.2. The Morgan fingerprint density at radius 2 is 1.12 bits per heavy atom. The van der Waals surface area contributed by atoms with Crippen molar-refractivity contribution in [2.45, 2.75) is 0 Å². The van der Waals surface area contributed by atoms with Gasteiger partial charge in [-0.25, -0.2) is 0 Å². The zero-order valence-electron chi connectivity index (χ0n) is 5.23. The van der Waals surface area contributed by atoms with Crippen LogP contribution in [-0.2, 0) is 0 Å². The minimum absolute atomic E-state index is 0. The Morgan fingerprint density at radius 3 is 1.25 bits per heavy atom. The van der Waals surface area contributed by atoms with E-state index in [1.165, 1.54) is 0 Å². The summed E-state index contributed by atoms with van der Waals surface area (Å²) in [6.07, 6.45) is 0. The summed E-state index contributed by atoms with van der Waals surface area (Å²) >= 11 is 0. The van der Waals surface area contributed by atoms with Crippen LogP contribution in [0.2, 0.25) is 0 Å². The third-order valence-corrected chi connectivity index (χ3v) is 0.269. The molecule has 0 saturated heterocycles. The summed E-state index contributed by atoms with van der Waals surface area (Å²) in [5, 5.41) is 18.8. The van der Waals surface area contributed by atoms with E-state index < -0.39 is 13.2 Å². The predicted octanol–water partition coefficient (Wildman–Crippen LogP) is -8.28. The molecule has 0 aliphatic heterocycles. The molecular weight excluding hydrogens is 126 g/mol. The molecule has 0 rings (SSSR count). The minimum atomic E-state index is -0.456. The zero-order chi connectivity index (χ0) is 4.83. The molecule has 0 aliphatic rings. The molecule has 0 heterocycles. The molecule has 0 atom stereocenters. The molecule has 34 valence electrons. The average molecular weight is 130 g/mol. The van der Waals surface area contributed by atoms with E-state index in [-0.39, 0.29) is 59.1 Å². The molecule has 0 spiro atoms. The van der Waals surface area contributed by atoms with Crippen molar-refractivity contribution < 1.29 is 69.3 Å². The molecule has 0 unspecified atom stereocenters. The molecule has 4 heteroatoms. The Hall–Kier alpha value is 1.48. The maximum atomic E-state index is 9.38. The minimum Gasteiger partial charge on any atom is -0.845 e. The van der Waals surface area contributed by atoms with E-state index in [0.29, 0.717) is 0 Å². The molecular formula is C4H4Na2O2. The van der Waals surface area contributed by atoms with Crippen LogP contribution in [0.25, 0.3) is 0 Å². The Kier molecular flexibility index (Phi) is 32.1. The topological polar surface area (TPSA) is 46.1 Å². The first-order valence-electron chi connectivity index (χ1n) is 1.53. The first-order valence-corrected chi connectivity index (χ1v) is 1.53. The monoisotopic (exact) mass is 130 g/mol. The van der Waals surface area contributed by atoms with E-state index in [0.717, 1.165) is 0 Å². The molecule has 0 fully saturated rings. The molecule has 0 aromatic carbocycles. The molecule has 0 N–H and O–H groups in total. The van der Waals surface area contributed by atoms with E-state index in [2.05, 4.69) is 11.8 Å². The second-order valence-electron chi connectivity index (χ2n) is 0.642. The maximum absolute atomic E-state index is 9.38. The van der Waals surface area contributed by atoms with Gasteiger partial charge in [0.2, 0.25) is 0 Å². The maximum Gasteiger partial charge on any atom is 1.00 e. The van der Waals surface area contributed by atoms with Crippen LogP contribution in [-0.4, -0.2) is 13.2 Å². The van der Waals surface area contributed by atoms with E-state index in [4.69, 9.17) is 0 Å². The number of rotatable bonds is 0. The van der Waals surface area contributed by atoms with Crippen molar-refractivity contribution in [3.8, 4) is 11.8 Å². The molecule has 0 aliphatic carbocycles. The first-order chi connectivity index (χ1) is 2.91. The Morgan fingerprint density at radius 1 is 0.875 bits per heavy atom. The van der Waals surface area contributed by atoms with E-state index in [9.17, 15) is 10.2 Å². The predicted molar refractivity (Wildman–Crippen MR) is 17.5 cm³/mol. The van der Waals surface area contributed by atoms with Gasteiger partial charge in [-0.15, -0.1) is 11.8 Å². The van der Waals surface area contributed by atoms with Crippen LogP contribution in [0.4, 0.5) is 0 Å². The molecule has 0 radical (unpaired) electrons. The molecule has 0 bridgehead atoms. The summed E-state index contributed by atoms with van der Waals surface area (Å²) in [5.41, 5.74) is 0. The third-order valence-electron chi connectivity index (χ3n) is 0.269. The van der Waals surface area contributed by atoms with Gasteiger partial charge in [-0.2, -0.15) is 0 Å². The van der Waals surface area contributed by atoms with Gasteiger partial charge in [-0.05, 0) is 0 Å². The molecule has 0 amide bonds. The smallest absolute Gasteiger partial charge is 0.845 e. The van der Waals surface area contributed by atoms with Gasteiger partial charge in [0, 0.05) is 0 Å². The van der Waals surface area contributed by atoms with E-state index in [1.54, 1.807) is 0 Å². The fourth-order valence-electron chi connectivity index (χ4n) is 0.102. The normalized spacial score (nSPS) is 4.75. The van der Waals surface area contributed by atoms with Crippen molar-refractivity contribution in [1.29, 1.82) is 0 Å². The quantitative estimate of drug-likeness (QED) is 0.241. The van der Waals surface area contributed by atoms with Crippen molar-refractivity contribution in [2.75, 3.05) is 13.2 Å². The van der Waals surface area contributed by atoms with Crippen LogP contribution < -0.4 is 69.3 Å². The van der Waals surface area contributed by atoms with Crippen LogP contribution in [0.15, 0.2) is 0 Å². The molecule has 0 saturated carbocycles. The summed E-state index contributed by atoms with van der Waals surface area (Å²) in [4.78, 5) is 0. The second-order valence-corrected chi connectivity index (χ2v) is 0.642. The number of hydrogen-bond donors (Lipinski definition) is 0. The van der Waals surface area contributed by atoms with Crippen LogP contribution >= 0.6 is 0 Å². The van der Waals surface area contributed by atoms with E-state index >= 15 is 0 Å². The van der Waals surface area contributed by atoms with Crippen LogP contribution in [0, 0.1) is 11.8 Å². The summed E-state index contributed by atoms with van der Waals surface area (Å²) in [6.45, 7) is -0.912. The summed E-state index contributed by atoms with van der Waals surface area (Å²) < 4.78 is 0. The summed E-state index contributed by atoms with van der Waals surface area (Å²) in [6, 6.07) is 0. The zero-order valence-corrected chi connectivity index (χ0v) is 9.23. The van der Waals surface area contributed by atoms with Gasteiger partial charge in [-0.1, -0.05) is 13.2 Å². The van der Waals surface area contributed by atoms with Crippen LogP contribution in [0.5, 0.6) is 0 Å².